The van der Waals surface area contributed by atoms with Crippen LogP contribution in [0.15, 0.2) is 24.3 Å². The third kappa shape index (κ3) is 3.05. The fourth-order valence-corrected chi connectivity index (χ4v) is 2.11. The fourth-order valence-electron chi connectivity index (χ4n) is 1.97. The van der Waals surface area contributed by atoms with Gasteiger partial charge in [0.1, 0.15) is 12.4 Å². The molecule has 1 amide bonds. The molecule has 0 bridgehead atoms. The molecule has 0 saturated carbocycles. The summed E-state index contributed by atoms with van der Waals surface area (Å²) in [6.45, 7) is 4.45. The molecule has 1 heterocycles. The Balaban J connectivity index is 2.03. The standard InChI is InChI=1S/C14H18BrNO2/c1-14(2,9-15)16-13(17)11-7-10-5-3-4-6-12(10)18-8-11/h3-6,11H,7-9H2,1-2H3,(H,16,17). The van der Waals surface area contributed by atoms with Crippen LogP contribution in [0.3, 0.4) is 0 Å². The van der Waals surface area contributed by atoms with E-state index in [9.17, 15) is 4.79 Å². The van der Waals surface area contributed by atoms with Crippen LogP contribution in [0.5, 0.6) is 5.75 Å². The van der Waals surface area contributed by atoms with Gasteiger partial charge in [-0.15, -0.1) is 0 Å². The summed E-state index contributed by atoms with van der Waals surface area (Å²) in [7, 11) is 0. The van der Waals surface area contributed by atoms with E-state index in [0.717, 1.165) is 23.1 Å². The molecule has 1 aliphatic heterocycles. The number of carbonyl (C=O) groups excluding carboxylic acids is 1. The van der Waals surface area contributed by atoms with Crippen LogP contribution in [0.2, 0.25) is 0 Å². The highest BCUT2D eigenvalue weighted by Gasteiger charge is 2.29. The van der Waals surface area contributed by atoms with Gasteiger partial charge < -0.3 is 10.1 Å². The maximum atomic E-state index is 12.2. The van der Waals surface area contributed by atoms with Gasteiger partial charge in [-0.05, 0) is 31.9 Å². The van der Waals surface area contributed by atoms with Crippen molar-refractivity contribution in [1.29, 1.82) is 0 Å². The van der Waals surface area contributed by atoms with Crippen molar-refractivity contribution >= 4 is 21.8 Å². The van der Waals surface area contributed by atoms with Gasteiger partial charge in [0, 0.05) is 10.9 Å². The lowest BCUT2D eigenvalue weighted by molar-refractivity contribution is -0.127. The molecule has 0 saturated heterocycles. The molecule has 0 aliphatic carbocycles. The van der Waals surface area contributed by atoms with Crippen LogP contribution in [-0.4, -0.2) is 23.4 Å². The zero-order valence-corrected chi connectivity index (χ0v) is 12.3. The second-order valence-corrected chi connectivity index (χ2v) is 5.89. The summed E-state index contributed by atoms with van der Waals surface area (Å²) in [5, 5.41) is 3.77. The van der Waals surface area contributed by atoms with Crippen molar-refractivity contribution in [3.8, 4) is 5.75 Å². The van der Waals surface area contributed by atoms with Crippen LogP contribution in [-0.2, 0) is 11.2 Å². The molecule has 1 aromatic carbocycles. The number of hydrogen-bond donors (Lipinski definition) is 1. The predicted molar refractivity (Wildman–Crippen MR) is 75.1 cm³/mol. The van der Waals surface area contributed by atoms with E-state index in [2.05, 4.69) is 21.2 Å². The molecule has 3 nitrogen and oxygen atoms in total. The first-order valence-corrected chi connectivity index (χ1v) is 7.23. The average molecular weight is 312 g/mol. The summed E-state index contributed by atoms with van der Waals surface area (Å²) in [5.74, 6) is 0.869. The SMILES string of the molecule is CC(C)(CBr)NC(=O)C1COc2ccccc2C1. The Morgan fingerprint density at radius 1 is 1.50 bits per heavy atom. The zero-order valence-electron chi connectivity index (χ0n) is 10.7. The maximum absolute atomic E-state index is 12.2. The number of carbonyl (C=O) groups is 1. The van der Waals surface area contributed by atoms with E-state index in [1.54, 1.807) is 0 Å². The van der Waals surface area contributed by atoms with Gasteiger partial charge in [-0.3, -0.25) is 4.79 Å². The molecular weight excluding hydrogens is 294 g/mol. The van der Waals surface area contributed by atoms with E-state index >= 15 is 0 Å². The Bertz CT molecular complexity index is 445. The highest BCUT2D eigenvalue weighted by Crippen LogP contribution is 2.27. The van der Waals surface area contributed by atoms with E-state index in [4.69, 9.17) is 4.74 Å². The van der Waals surface area contributed by atoms with Gasteiger partial charge in [0.2, 0.25) is 5.91 Å². The number of rotatable bonds is 3. The molecule has 18 heavy (non-hydrogen) atoms. The van der Waals surface area contributed by atoms with Crippen LogP contribution in [0.1, 0.15) is 19.4 Å². The molecule has 2 rings (SSSR count). The Kier molecular flexibility index (Phi) is 3.95. The van der Waals surface area contributed by atoms with Gasteiger partial charge in [-0.1, -0.05) is 34.1 Å². The quantitative estimate of drug-likeness (QED) is 0.871. The molecule has 0 spiro atoms. The van der Waals surface area contributed by atoms with Gasteiger partial charge in [0.25, 0.3) is 0 Å². The van der Waals surface area contributed by atoms with E-state index in [0.29, 0.717) is 6.61 Å². The Morgan fingerprint density at radius 2 is 2.22 bits per heavy atom. The number of fused-ring (bicyclic) bond motifs is 1. The number of amides is 1. The molecule has 1 aliphatic rings. The van der Waals surface area contributed by atoms with E-state index in [-0.39, 0.29) is 17.4 Å². The lowest BCUT2D eigenvalue weighted by Crippen LogP contribution is -2.49. The van der Waals surface area contributed by atoms with Crippen molar-refractivity contribution in [2.45, 2.75) is 25.8 Å². The number of benzene rings is 1. The Morgan fingerprint density at radius 3 is 2.94 bits per heavy atom. The van der Waals surface area contributed by atoms with Crippen molar-refractivity contribution in [2.24, 2.45) is 5.92 Å². The highest BCUT2D eigenvalue weighted by molar-refractivity contribution is 9.09. The summed E-state index contributed by atoms with van der Waals surface area (Å²) >= 11 is 3.40. The molecule has 0 aromatic heterocycles. The van der Waals surface area contributed by atoms with Crippen molar-refractivity contribution in [3.05, 3.63) is 29.8 Å². The van der Waals surface area contributed by atoms with E-state index < -0.39 is 0 Å². The topological polar surface area (TPSA) is 38.3 Å². The summed E-state index contributed by atoms with van der Waals surface area (Å²) in [6.07, 6.45) is 0.750. The molecule has 98 valence electrons. The lowest BCUT2D eigenvalue weighted by atomic mass is 9.95. The Hall–Kier alpha value is -1.03. The van der Waals surface area contributed by atoms with Gasteiger partial charge in [0.05, 0.1) is 5.92 Å². The van der Waals surface area contributed by atoms with Crippen molar-refractivity contribution in [3.63, 3.8) is 0 Å². The van der Waals surface area contributed by atoms with Crippen molar-refractivity contribution in [1.82, 2.24) is 5.32 Å². The first-order valence-electron chi connectivity index (χ1n) is 6.10. The summed E-state index contributed by atoms with van der Waals surface area (Å²) in [5.41, 5.74) is 0.883. The van der Waals surface area contributed by atoms with Crippen LogP contribution < -0.4 is 10.1 Å². The smallest absolute Gasteiger partial charge is 0.227 e. The molecule has 1 aromatic rings. The first kappa shape index (κ1) is 13.4. The number of nitrogens with one attached hydrogen (secondary N) is 1. The second-order valence-electron chi connectivity index (χ2n) is 5.33. The molecule has 0 fully saturated rings. The lowest BCUT2D eigenvalue weighted by Gasteiger charge is -2.29. The minimum absolute atomic E-state index is 0.0638. The molecule has 1 unspecified atom stereocenters. The minimum atomic E-state index is -0.228. The van der Waals surface area contributed by atoms with E-state index in [1.165, 1.54) is 0 Å². The van der Waals surface area contributed by atoms with Crippen LogP contribution in [0.4, 0.5) is 0 Å². The summed E-state index contributed by atoms with van der Waals surface area (Å²) in [6, 6.07) is 7.90. The molecule has 0 radical (unpaired) electrons. The first-order chi connectivity index (χ1) is 8.52. The maximum Gasteiger partial charge on any atom is 0.227 e. The zero-order chi connectivity index (χ0) is 13.2. The number of hydrogen-bond acceptors (Lipinski definition) is 2. The number of alkyl halides is 1. The van der Waals surface area contributed by atoms with E-state index in [1.807, 2.05) is 38.1 Å². The van der Waals surface area contributed by atoms with Crippen molar-refractivity contribution in [2.75, 3.05) is 11.9 Å². The minimum Gasteiger partial charge on any atom is -0.492 e. The molecule has 1 N–H and O–H groups in total. The van der Waals surface area contributed by atoms with Gasteiger partial charge in [-0.25, -0.2) is 0 Å². The largest absolute Gasteiger partial charge is 0.492 e. The van der Waals surface area contributed by atoms with Crippen LogP contribution in [0, 0.1) is 5.92 Å². The summed E-state index contributed by atoms with van der Waals surface area (Å²) in [4.78, 5) is 12.2. The van der Waals surface area contributed by atoms with Gasteiger partial charge in [-0.2, -0.15) is 0 Å². The van der Waals surface area contributed by atoms with Gasteiger partial charge >= 0.3 is 0 Å². The third-order valence-electron chi connectivity index (χ3n) is 3.05. The Labute approximate surface area is 116 Å². The molecular formula is C14H18BrNO2. The normalized spacial score (nSPS) is 18.7. The monoisotopic (exact) mass is 311 g/mol. The predicted octanol–water partition coefficient (Wildman–Crippen LogP) is 2.53. The molecule has 4 heteroatoms. The van der Waals surface area contributed by atoms with Crippen LogP contribution in [0.25, 0.3) is 0 Å². The van der Waals surface area contributed by atoms with Crippen LogP contribution >= 0.6 is 15.9 Å². The molecule has 1 atom stereocenters. The number of halogens is 1. The highest BCUT2D eigenvalue weighted by atomic mass is 79.9. The number of ether oxygens (including phenoxy) is 1. The summed E-state index contributed by atoms with van der Waals surface area (Å²) < 4.78 is 5.63. The van der Waals surface area contributed by atoms with Crippen molar-refractivity contribution < 1.29 is 9.53 Å². The van der Waals surface area contributed by atoms with Gasteiger partial charge in [0.15, 0.2) is 0 Å². The second kappa shape index (κ2) is 5.31. The number of para-hydroxylation sites is 1. The fraction of sp³-hybridized carbons (Fsp3) is 0.500. The average Bonchev–Trinajstić information content (AvgIpc) is 2.37. The third-order valence-corrected chi connectivity index (χ3v) is 4.45.